The predicted molar refractivity (Wildman–Crippen MR) is 71.6 cm³/mol. The highest BCUT2D eigenvalue weighted by molar-refractivity contribution is 6.30. The smallest absolute Gasteiger partial charge is 0.134 e. The molecule has 1 aromatic carbocycles. The summed E-state index contributed by atoms with van der Waals surface area (Å²) in [7, 11) is 0. The molecule has 1 aromatic heterocycles. The lowest BCUT2D eigenvalue weighted by atomic mass is 10.2. The number of benzene rings is 1. The fourth-order valence-electron chi connectivity index (χ4n) is 1.57. The van der Waals surface area contributed by atoms with Crippen LogP contribution in [0.4, 0.5) is 11.5 Å². The van der Waals surface area contributed by atoms with Gasteiger partial charge in [0.15, 0.2) is 0 Å². The number of nitrogens with zero attached hydrogens (tertiary/aromatic N) is 1. The molecule has 0 amide bonds. The highest BCUT2D eigenvalue weighted by Crippen LogP contribution is 2.24. The maximum Gasteiger partial charge on any atom is 0.134 e. The predicted octanol–water partition coefficient (Wildman–Crippen LogP) is 3.25. The lowest BCUT2D eigenvalue weighted by Crippen LogP contribution is -2.04. The maximum absolute atomic E-state index is 5.97. The number of aryl methyl sites for hydroxylation is 1. The molecular weight excluding hydrogens is 234 g/mol. The van der Waals surface area contributed by atoms with Gasteiger partial charge in [-0.2, -0.15) is 0 Å². The minimum atomic E-state index is 0.454. The molecule has 0 spiro atoms. The standard InChI is InChI=1S/C13H14ClN3/c1-9-4-5-11(14)7-12(9)17-13-10(8-15)3-2-6-16-13/h2-7H,8,15H2,1H3,(H,16,17). The number of nitrogens with one attached hydrogen (secondary N) is 1. The van der Waals surface area contributed by atoms with Gasteiger partial charge in [0.25, 0.3) is 0 Å². The van der Waals surface area contributed by atoms with Gasteiger partial charge in [0, 0.05) is 29.0 Å². The summed E-state index contributed by atoms with van der Waals surface area (Å²) in [4.78, 5) is 4.28. The quantitative estimate of drug-likeness (QED) is 0.876. The molecule has 2 aromatic rings. The highest BCUT2D eigenvalue weighted by Gasteiger charge is 2.04. The first-order valence-electron chi connectivity index (χ1n) is 5.38. The van der Waals surface area contributed by atoms with E-state index < -0.39 is 0 Å². The molecular formula is C13H14ClN3. The SMILES string of the molecule is Cc1ccc(Cl)cc1Nc1ncccc1CN. The summed E-state index contributed by atoms with van der Waals surface area (Å²) in [6.45, 7) is 2.47. The molecule has 3 nitrogen and oxygen atoms in total. The van der Waals surface area contributed by atoms with Crippen molar-refractivity contribution in [3.05, 3.63) is 52.7 Å². The van der Waals surface area contributed by atoms with Gasteiger partial charge in [0.05, 0.1) is 0 Å². The summed E-state index contributed by atoms with van der Waals surface area (Å²) >= 11 is 5.97. The molecule has 1 heterocycles. The lowest BCUT2D eigenvalue weighted by molar-refractivity contribution is 1.05. The Morgan fingerprint density at radius 3 is 2.94 bits per heavy atom. The molecule has 3 N–H and O–H groups in total. The molecule has 0 radical (unpaired) electrons. The Morgan fingerprint density at radius 2 is 2.18 bits per heavy atom. The number of pyridine rings is 1. The Hall–Kier alpha value is -1.58. The number of anilines is 2. The van der Waals surface area contributed by atoms with Crippen molar-refractivity contribution in [3.8, 4) is 0 Å². The van der Waals surface area contributed by atoms with Gasteiger partial charge in [-0.3, -0.25) is 0 Å². The zero-order chi connectivity index (χ0) is 12.3. The normalized spacial score (nSPS) is 10.3. The minimum Gasteiger partial charge on any atom is -0.340 e. The van der Waals surface area contributed by atoms with Gasteiger partial charge in [0.1, 0.15) is 5.82 Å². The van der Waals surface area contributed by atoms with Crippen molar-refractivity contribution < 1.29 is 0 Å². The number of halogens is 1. The van der Waals surface area contributed by atoms with Crippen molar-refractivity contribution in [2.75, 3.05) is 5.32 Å². The van der Waals surface area contributed by atoms with Crippen LogP contribution in [0.25, 0.3) is 0 Å². The van der Waals surface area contributed by atoms with Gasteiger partial charge in [-0.15, -0.1) is 0 Å². The Bertz CT molecular complexity index is 526. The number of nitrogens with two attached hydrogens (primary N) is 1. The van der Waals surface area contributed by atoms with Crippen molar-refractivity contribution >= 4 is 23.1 Å². The molecule has 0 bridgehead atoms. The molecule has 2 rings (SSSR count). The van der Waals surface area contributed by atoms with Crippen LogP contribution in [0.2, 0.25) is 5.02 Å². The van der Waals surface area contributed by atoms with Crippen molar-refractivity contribution in [1.29, 1.82) is 0 Å². The fourth-order valence-corrected chi connectivity index (χ4v) is 1.74. The molecule has 0 unspecified atom stereocenters. The van der Waals surface area contributed by atoms with Gasteiger partial charge in [-0.1, -0.05) is 23.7 Å². The molecule has 0 aliphatic rings. The second-order valence-corrected chi connectivity index (χ2v) is 4.24. The third-order valence-corrected chi connectivity index (χ3v) is 2.80. The van der Waals surface area contributed by atoms with Crippen LogP contribution in [0.5, 0.6) is 0 Å². The Kier molecular flexibility index (Phi) is 3.61. The van der Waals surface area contributed by atoms with E-state index in [0.29, 0.717) is 11.6 Å². The number of aromatic nitrogens is 1. The van der Waals surface area contributed by atoms with Crippen molar-refractivity contribution in [1.82, 2.24) is 4.98 Å². The van der Waals surface area contributed by atoms with Crippen LogP contribution >= 0.6 is 11.6 Å². The summed E-state index contributed by atoms with van der Waals surface area (Å²) in [6, 6.07) is 9.54. The van der Waals surface area contributed by atoms with E-state index in [1.807, 2.05) is 37.3 Å². The first-order chi connectivity index (χ1) is 8.20. The Morgan fingerprint density at radius 1 is 1.35 bits per heavy atom. The summed E-state index contributed by atoms with van der Waals surface area (Å²) in [6.07, 6.45) is 1.74. The summed E-state index contributed by atoms with van der Waals surface area (Å²) in [5.41, 5.74) is 8.71. The van der Waals surface area contributed by atoms with Crippen LogP contribution in [-0.2, 0) is 6.54 Å². The largest absolute Gasteiger partial charge is 0.340 e. The second-order valence-electron chi connectivity index (χ2n) is 3.80. The third-order valence-electron chi connectivity index (χ3n) is 2.56. The van der Waals surface area contributed by atoms with Gasteiger partial charge >= 0.3 is 0 Å². The van der Waals surface area contributed by atoms with Gasteiger partial charge in [0.2, 0.25) is 0 Å². The number of rotatable bonds is 3. The van der Waals surface area contributed by atoms with E-state index in [0.717, 1.165) is 22.6 Å². The average molecular weight is 248 g/mol. The average Bonchev–Trinajstić information content (AvgIpc) is 2.34. The van der Waals surface area contributed by atoms with Crippen LogP contribution in [0.3, 0.4) is 0 Å². The van der Waals surface area contributed by atoms with Crippen LogP contribution in [0.1, 0.15) is 11.1 Å². The molecule has 0 atom stereocenters. The maximum atomic E-state index is 5.97. The van der Waals surface area contributed by atoms with Gasteiger partial charge in [-0.05, 0) is 30.7 Å². The van der Waals surface area contributed by atoms with E-state index in [2.05, 4.69) is 10.3 Å². The molecule has 0 aliphatic heterocycles. The van der Waals surface area contributed by atoms with Crippen LogP contribution in [0.15, 0.2) is 36.5 Å². The van der Waals surface area contributed by atoms with Crippen LogP contribution in [-0.4, -0.2) is 4.98 Å². The Balaban J connectivity index is 2.34. The van der Waals surface area contributed by atoms with E-state index in [1.54, 1.807) is 6.20 Å². The first kappa shape index (κ1) is 11.9. The fraction of sp³-hybridized carbons (Fsp3) is 0.154. The molecule has 0 saturated carbocycles. The summed E-state index contributed by atoms with van der Waals surface area (Å²) in [5.74, 6) is 0.778. The minimum absolute atomic E-state index is 0.454. The molecule has 0 aliphatic carbocycles. The van der Waals surface area contributed by atoms with E-state index in [4.69, 9.17) is 17.3 Å². The third kappa shape index (κ3) is 2.75. The molecule has 88 valence electrons. The summed E-state index contributed by atoms with van der Waals surface area (Å²) in [5, 5.41) is 3.95. The van der Waals surface area contributed by atoms with Crippen molar-refractivity contribution in [2.45, 2.75) is 13.5 Å². The monoisotopic (exact) mass is 247 g/mol. The zero-order valence-electron chi connectivity index (χ0n) is 9.57. The molecule has 17 heavy (non-hydrogen) atoms. The topological polar surface area (TPSA) is 50.9 Å². The molecule has 0 saturated heterocycles. The van der Waals surface area contributed by atoms with Crippen LogP contribution in [0, 0.1) is 6.92 Å². The summed E-state index contributed by atoms with van der Waals surface area (Å²) < 4.78 is 0. The van der Waals surface area contributed by atoms with Crippen LogP contribution < -0.4 is 11.1 Å². The van der Waals surface area contributed by atoms with E-state index >= 15 is 0 Å². The zero-order valence-corrected chi connectivity index (χ0v) is 10.3. The van der Waals surface area contributed by atoms with E-state index in [1.165, 1.54) is 0 Å². The van der Waals surface area contributed by atoms with Gasteiger partial charge < -0.3 is 11.1 Å². The second kappa shape index (κ2) is 5.17. The van der Waals surface area contributed by atoms with E-state index in [-0.39, 0.29) is 0 Å². The molecule has 0 fully saturated rings. The lowest BCUT2D eigenvalue weighted by Gasteiger charge is -2.12. The molecule has 4 heteroatoms. The van der Waals surface area contributed by atoms with Gasteiger partial charge in [-0.25, -0.2) is 4.98 Å². The van der Waals surface area contributed by atoms with Crippen molar-refractivity contribution in [2.24, 2.45) is 5.73 Å². The Labute approximate surface area is 106 Å². The first-order valence-corrected chi connectivity index (χ1v) is 5.75. The highest BCUT2D eigenvalue weighted by atomic mass is 35.5. The van der Waals surface area contributed by atoms with E-state index in [9.17, 15) is 0 Å². The number of hydrogen-bond donors (Lipinski definition) is 2. The van der Waals surface area contributed by atoms with Crippen molar-refractivity contribution in [3.63, 3.8) is 0 Å². The number of hydrogen-bond acceptors (Lipinski definition) is 3.